The van der Waals surface area contributed by atoms with Gasteiger partial charge in [-0.2, -0.15) is 0 Å². The number of rotatable bonds is 96. The standard InChI is InChI=1S/C129H212N8O8/c1-10-18-26-34-42-50-58-66-74-82-90-138-113-98-106-107(99-114(113)139-91-83-75-67-59-51-43-35-27-19-11-2)123-130-122(106)131-124-108-100-115(140-92-84-76-68-60-52-44-36-28-20-12-3)116(141-93-85-77-69-61-53-45-37-29-21-13-4)101-109(108)126(133-124)135-128-112-104-119(144-96-88-80-72-64-56-48-40-32-24-16-7)121(145-97-89-81-73-65-57-49-41-33-25-17-8)105(9)120(112)129(137-128)136-127-111-103-118(143-95-87-79-71-63-55-47-39-31-23-15-6)117(102-110(111)125(132-123)134-127)142-94-86-78-70-62-54-46-38-30-22-14-5/h98-104H,10-97H2,1-9H3,(H2,130,131,132,133,134,135,136,137). The van der Waals surface area contributed by atoms with Crippen LogP contribution in [0.3, 0.4) is 0 Å². The van der Waals surface area contributed by atoms with Crippen molar-refractivity contribution in [1.82, 2.24) is 39.9 Å². The molecule has 2 aliphatic heterocycles. The molecule has 2 N–H and O–H groups in total. The van der Waals surface area contributed by atoms with E-state index in [1.54, 1.807) is 0 Å². The normalized spacial score (nSPS) is 11.8. The van der Waals surface area contributed by atoms with E-state index in [9.17, 15) is 0 Å². The molecular weight excluding hydrogens is 1790 g/mol. The largest absolute Gasteiger partial charge is 0.490 e. The average Bonchev–Trinajstić information content (AvgIpc) is 1.29. The van der Waals surface area contributed by atoms with Gasteiger partial charge >= 0.3 is 0 Å². The molecule has 0 unspecified atom stereocenters. The molecule has 0 fully saturated rings. The van der Waals surface area contributed by atoms with Gasteiger partial charge in [0.1, 0.15) is 22.6 Å². The van der Waals surface area contributed by atoms with Gasteiger partial charge in [0.25, 0.3) is 0 Å². The van der Waals surface area contributed by atoms with Crippen LogP contribution >= 0.6 is 0 Å². The molecule has 0 atom stereocenters. The first kappa shape index (κ1) is 121. The number of fused-ring (bicyclic) bond motifs is 20. The molecular formula is C129H212N8O8. The van der Waals surface area contributed by atoms with Gasteiger partial charge in [-0.25, -0.2) is 29.9 Å². The number of aromatic amines is 2. The summed E-state index contributed by atoms with van der Waals surface area (Å²) >= 11 is 0. The van der Waals surface area contributed by atoms with E-state index in [2.05, 4.69) is 115 Å². The van der Waals surface area contributed by atoms with Crippen LogP contribution in [-0.2, 0) is 0 Å². The molecule has 145 heavy (non-hydrogen) atoms. The Labute approximate surface area is 884 Å². The van der Waals surface area contributed by atoms with Gasteiger partial charge in [0.05, 0.1) is 52.9 Å². The van der Waals surface area contributed by atoms with E-state index in [1.807, 2.05) is 0 Å². The Morgan fingerprint density at radius 3 is 0.538 bits per heavy atom. The maximum atomic E-state index is 7.23. The Hall–Kier alpha value is -7.36. The fraction of sp³-hybridized carbons (Fsp3) is 0.752. The van der Waals surface area contributed by atoms with Crippen molar-refractivity contribution >= 4 is 44.1 Å². The second kappa shape index (κ2) is 78.8. The number of nitrogens with one attached hydrogen (secondary N) is 2. The minimum atomic E-state index is 0.489. The molecule has 0 spiro atoms. The molecule has 0 saturated carbocycles. The minimum absolute atomic E-state index is 0.489. The molecule has 0 amide bonds. The molecule has 0 saturated heterocycles. The molecule has 16 heteroatoms. The van der Waals surface area contributed by atoms with Crippen molar-refractivity contribution in [2.75, 3.05) is 52.9 Å². The first-order valence-electron chi connectivity index (χ1n) is 62.3. The van der Waals surface area contributed by atoms with Crippen LogP contribution in [0.1, 0.15) is 575 Å². The van der Waals surface area contributed by atoms with Crippen molar-refractivity contribution in [2.45, 2.75) is 576 Å². The fourth-order valence-electron chi connectivity index (χ4n) is 21.2. The van der Waals surface area contributed by atoms with E-state index in [-0.39, 0.29) is 0 Å². The van der Waals surface area contributed by atoms with Crippen LogP contribution in [0, 0.1) is 6.92 Å². The highest BCUT2D eigenvalue weighted by Crippen LogP contribution is 2.48. The molecule has 8 bridgehead atoms. The highest BCUT2D eigenvalue weighted by Gasteiger charge is 2.30. The van der Waals surface area contributed by atoms with Gasteiger partial charge in [-0.3, -0.25) is 0 Å². The Balaban J connectivity index is 1.26. The highest BCUT2D eigenvalue weighted by molar-refractivity contribution is 6.09. The van der Waals surface area contributed by atoms with E-state index in [4.69, 9.17) is 67.8 Å². The third-order valence-corrected chi connectivity index (χ3v) is 30.5. The molecule has 2 aliphatic rings. The summed E-state index contributed by atoms with van der Waals surface area (Å²) in [5.74, 6) is 7.58. The van der Waals surface area contributed by atoms with Crippen LogP contribution in [0.25, 0.3) is 89.7 Å². The van der Waals surface area contributed by atoms with Gasteiger partial charge < -0.3 is 47.9 Å². The Morgan fingerprint density at radius 2 is 0.324 bits per heavy atom. The van der Waals surface area contributed by atoms with Crippen LogP contribution in [0.4, 0.5) is 0 Å². The Bertz CT molecular complexity index is 4640. The summed E-state index contributed by atoms with van der Waals surface area (Å²) in [5, 5.41) is 3.36. The van der Waals surface area contributed by atoms with E-state index in [1.165, 1.54) is 411 Å². The van der Waals surface area contributed by atoms with Crippen LogP contribution in [0.5, 0.6) is 46.0 Å². The fourth-order valence-corrected chi connectivity index (χ4v) is 21.2. The summed E-state index contributed by atoms with van der Waals surface area (Å²) in [6, 6.07) is 15.1. The van der Waals surface area contributed by atoms with E-state index >= 15 is 0 Å². The van der Waals surface area contributed by atoms with Crippen molar-refractivity contribution in [3.8, 4) is 91.5 Å². The van der Waals surface area contributed by atoms with Crippen LogP contribution in [-0.4, -0.2) is 92.7 Å². The minimum Gasteiger partial charge on any atom is -0.490 e. The molecule has 16 nitrogen and oxygen atoms in total. The zero-order valence-electron chi connectivity index (χ0n) is 94.7. The van der Waals surface area contributed by atoms with Crippen molar-refractivity contribution in [1.29, 1.82) is 0 Å². The predicted molar refractivity (Wildman–Crippen MR) is 620 cm³/mol. The van der Waals surface area contributed by atoms with Crippen LogP contribution < -0.4 is 37.9 Å². The summed E-state index contributed by atoms with van der Waals surface area (Å²) in [4.78, 5) is 42.7. The van der Waals surface area contributed by atoms with Gasteiger partial charge in [0.2, 0.25) is 0 Å². The highest BCUT2D eigenvalue weighted by atomic mass is 16.5. The summed E-state index contributed by atoms with van der Waals surface area (Å²) < 4.78 is 57.1. The van der Waals surface area contributed by atoms with Gasteiger partial charge in [-0.15, -0.1) is 0 Å². The summed E-state index contributed by atoms with van der Waals surface area (Å²) in [5.41, 5.74) is 6.45. The topological polar surface area (TPSA) is 183 Å². The third kappa shape index (κ3) is 47.4. The number of aromatic nitrogens is 8. The number of hydrogen-bond donors (Lipinski definition) is 2. The lowest BCUT2D eigenvalue weighted by molar-refractivity contribution is 0.257. The quantitative estimate of drug-likeness (QED) is 0.0343. The lowest BCUT2D eigenvalue weighted by Crippen LogP contribution is -2.04. The molecule has 7 aromatic rings. The molecule has 0 aliphatic carbocycles. The molecule has 9 rings (SSSR count). The third-order valence-electron chi connectivity index (χ3n) is 30.5. The smallest absolute Gasteiger partial charge is 0.164 e. The molecule has 3 aromatic heterocycles. The number of hydrogen-bond acceptors (Lipinski definition) is 14. The van der Waals surface area contributed by atoms with Gasteiger partial charge in [0, 0.05) is 49.4 Å². The van der Waals surface area contributed by atoms with Crippen LogP contribution in [0.2, 0.25) is 0 Å². The van der Waals surface area contributed by atoms with E-state index < -0.39 is 0 Å². The van der Waals surface area contributed by atoms with Crippen molar-refractivity contribution in [2.24, 2.45) is 0 Å². The number of H-pyrrole nitrogens is 2. The van der Waals surface area contributed by atoms with Crippen molar-refractivity contribution in [3.63, 3.8) is 0 Å². The summed E-state index contributed by atoms with van der Waals surface area (Å²) in [6.45, 7) is 25.1. The SMILES string of the molecule is CCCCCCCCCCCCOc1cc2c(cc1OCCCCCCCCCCCC)-c1nc-2nc2[nH]c(nc3nc(nc4[nH]c(n1)c1cc(OCCCCCCCCCCCC)c(OCCCCCCCCCCCC)c(C)c41)-c1cc(OCCCCCCCCCCCC)c(OCCCCCCCCCCCC)cc1-3)c1cc(OCCCCCCCCCCCC)c(OCCCCCCCCCCCC)cc21. The van der Waals surface area contributed by atoms with Gasteiger partial charge in [0.15, 0.2) is 69.3 Å². The zero-order chi connectivity index (χ0) is 102. The maximum absolute atomic E-state index is 7.23. The van der Waals surface area contributed by atoms with E-state index in [0.717, 1.165) is 158 Å². The zero-order valence-corrected chi connectivity index (χ0v) is 94.7. The Morgan fingerprint density at radius 1 is 0.166 bits per heavy atom. The maximum Gasteiger partial charge on any atom is 0.164 e. The summed E-state index contributed by atoms with van der Waals surface area (Å²) in [7, 11) is 0. The molecule has 0 radical (unpaired) electrons. The average molecular weight is 2000 g/mol. The molecule has 4 aromatic carbocycles. The first-order valence-corrected chi connectivity index (χ1v) is 62.3. The number of aryl methyl sites for hydroxylation is 1. The van der Waals surface area contributed by atoms with Crippen molar-refractivity contribution in [3.05, 3.63) is 48.0 Å². The van der Waals surface area contributed by atoms with Gasteiger partial charge in [-0.05, 0) is 101 Å². The lowest BCUT2D eigenvalue weighted by Gasteiger charge is -2.16. The summed E-state index contributed by atoms with van der Waals surface area (Å²) in [6.07, 6.45) is 99.2. The second-order valence-electron chi connectivity index (χ2n) is 43.6. The number of benzene rings is 4. The molecule has 5 heterocycles. The van der Waals surface area contributed by atoms with Gasteiger partial charge in [-0.1, -0.05) is 518 Å². The number of unbranched alkanes of at least 4 members (excludes halogenated alkanes) is 72. The molecule has 816 valence electrons. The second-order valence-corrected chi connectivity index (χ2v) is 43.6. The number of ether oxygens (including phenoxy) is 8. The van der Waals surface area contributed by atoms with Crippen LogP contribution in [0.15, 0.2) is 42.5 Å². The number of nitrogens with zero attached hydrogens (tertiary/aromatic N) is 6. The van der Waals surface area contributed by atoms with Crippen molar-refractivity contribution < 1.29 is 37.9 Å². The van der Waals surface area contributed by atoms with E-state index in [0.29, 0.717) is 139 Å². The predicted octanol–water partition coefficient (Wildman–Crippen LogP) is 41.6. The lowest BCUT2D eigenvalue weighted by atomic mass is 10.1. The Kier molecular flexibility index (Phi) is 65.8. The monoisotopic (exact) mass is 2000 g/mol. The first-order chi connectivity index (χ1) is 71.7.